The van der Waals surface area contributed by atoms with Gasteiger partial charge in [-0.3, -0.25) is 10.3 Å². The van der Waals surface area contributed by atoms with Gasteiger partial charge in [0.25, 0.3) is 0 Å². The molecular weight excluding hydrogens is 276 g/mol. The smallest absolute Gasteiger partial charge is 0.123 e. The maximum atomic E-state index is 9.49. The molecule has 3 rings (SSSR count). The van der Waals surface area contributed by atoms with Crippen LogP contribution < -0.4 is 10.1 Å². The van der Waals surface area contributed by atoms with E-state index >= 15 is 0 Å². The third-order valence-corrected chi connectivity index (χ3v) is 3.62. The third-order valence-electron chi connectivity index (χ3n) is 3.62. The van der Waals surface area contributed by atoms with E-state index in [0.717, 1.165) is 27.8 Å². The molecular formula is C17H16N4O. The second-order valence-corrected chi connectivity index (χ2v) is 4.95. The molecule has 2 aromatic heterocycles. The van der Waals surface area contributed by atoms with Crippen LogP contribution in [0.2, 0.25) is 0 Å². The van der Waals surface area contributed by atoms with Gasteiger partial charge in [0.15, 0.2) is 0 Å². The van der Waals surface area contributed by atoms with Crippen LogP contribution in [0.4, 0.5) is 0 Å². The number of pyridine rings is 1. The Morgan fingerprint density at radius 3 is 2.86 bits per heavy atom. The van der Waals surface area contributed by atoms with E-state index in [0.29, 0.717) is 6.54 Å². The lowest BCUT2D eigenvalue weighted by Gasteiger charge is -2.11. The number of fused-ring (bicyclic) bond motifs is 1. The van der Waals surface area contributed by atoms with Gasteiger partial charge >= 0.3 is 0 Å². The Morgan fingerprint density at radius 2 is 2.14 bits per heavy atom. The third kappa shape index (κ3) is 2.78. The number of hydrogen-bond donors (Lipinski definition) is 2. The van der Waals surface area contributed by atoms with Crippen LogP contribution in [0, 0.1) is 11.3 Å². The number of rotatable bonds is 5. The maximum absolute atomic E-state index is 9.49. The summed E-state index contributed by atoms with van der Waals surface area (Å²) in [5, 5.41) is 13.8. The Balaban J connectivity index is 1.86. The summed E-state index contributed by atoms with van der Waals surface area (Å²) in [7, 11) is 1.64. The van der Waals surface area contributed by atoms with E-state index < -0.39 is 6.04 Å². The van der Waals surface area contributed by atoms with Crippen molar-refractivity contribution in [2.75, 3.05) is 7.11 Å². The van der Waals surface area contributed by atoms with E-state index in [1.807, 2.05) is 36.5 Å². The van der Waals surface area contributed by atoms with Crippen molar-refractivity contribution in [1.29, 1.82) is 5.26 Å². The highest BCUT2D eigenvalue weighted by Crippen LogP contribution is 2.27. The minimum absolute atomic E-state index is 0.394. The van der Waals surface area contributed by atoms with Crippen molar-refractivity contribution in [2.24, 2.45) is 0 Å². The second-order valence-electron chi connectivity index (χ2n) is 4.95. The Morgan fingerprint density at radius 1 is 1.32 bits per heavy atom. The number of ether oxygens (including phenoxy) is 1. The first-order valence-electron chi connectivity index (χ1n) is 6.98. The van der Waals surface area contributed by atoms with Crippen molar-refractivity contribution in [3.63, 3.8) is 0 Å². The van der Waals surface area contributed by atoms with Crippen LogP contribution in [0.15, 0.2) is 48.9 Å². The molecule has 3 aromatic rings. The van der Waals surface area contributed by atoms with Gasteiger partial charge in [-0.25, -0.2) is 0 Å². The quantitative estimate of drug-likeness (QED) is 0.758. The minimum Gasteiger partial charge on any atom is -0.497 e. The van der Waals surface area contributed by atoms with Crippen LogP contribution in [0.25, 0.3) is 10.9 Å². The van der Waals surface area contributed by atoms with E-state index in [-0.39, 0.29) is 0 Å². The van der Waals surface area contributed by atoms with Crippen LogP contribution in [0.1, 0.15) is 17.2 Å². The molecule has 0 saturated carbocycles. The first kappa shape index (κ1) is 14.1. The van der Waals surface area contributed by atoms with Gasteiger partial charge in [0, 0.05) is 41.6 Å². The zero-order chi connectivity index (χ0) is 15.4. The number of H-pyrrole nitrogens is 1. The number of aromatic amines is 1. The summed E-state index contributed by atoms with van der Waals surface area (Å²) in [5.41, 5.74) is 3.00. The lowest BCUT2D eigenvalue weighted by atomic mass is 10.1. The molecule has 1 atom stereocenters. The lowest BCUT2D eigenvalue weighted by Crippen LogP contribution is -2.19. The summed E-state index contributed by atoms with van der Waals surface area (Å²) >= 11 is 0. The van der Waals surface area contributed by atoms with Gasteiger partial charge in [0.05, 0.1) is 13.2 Å². The SMILES string of the molecule is COc1ccc2[nH]cc(C(C#N)NCc3ccncc3)c2c1. The highest BCUT2D eigenvalue weighted by atomic mass is 16.5. The highest BCUT2D eigenvalue weighted by Gasteiger charge is 2.15. The summed E-state index contributed by atoms with van der Waals surface area (Å²) in [6.45, 7) is 0.609. The zero-order valence-corrected chi connectivity index (χ0v) is 12.2. The van der Waals surface area contributed by atoms with E-state index in [9.17, 15) is 5.26 Å². The summed E-state index contributed by atoms with van der Waals surface area (Å²) < 4.78 is 5.27. The molecule has 110 valence electrons. The van der Waals surface area contributed by atoms with Gasteiger partial charge in [-0.2, -0.15) is 5.26 Å². The molecule has 0 saturated heterocycles. The first-order chi connectivity index (χ1) is 10.8. The van der Waals surface area contributed by atoms with Crippen LogP contribution >= 0.6 is 0 Å². The van der Waals surface area contributed by atoms with E-state index in [2.05, 4.69) is 21.4 Å². The number of nitrogens with one attached hydrogen (secondary N) is 2. The average Bonchev–Trinajstić information content (AvgIpc) is 2.99. The Bertz CT molecular complexity index is 804. The van der Waals surface area contributed by atoms with Crippen molar-refractivity contribution >= 4 is 10.9 Å². The van der Waals surface area contributed by atoms with E-state index in [1.54, 1.807) is 19.5 Å². The number of nitriles is 1. The molecule has 0 amide bonds. The number of hydrogen-bond acceptors (Lipinski definition) is 4. The Kier molecular flexibility index (Phi) is 4.03. The molecule has 0 radical (unpaired) electrons. The predicted molar refractivity (Wildman–Crippen MR) is 84.3 cm³/mol. The molecule has 1 aromatic carbocycles. The molecule has 0 aliphatic rings. The first-order valence-corrected chi connectivity index (χ1v) is 6.98. The molecule has 2 N–H and O–H groups in total. The molecule has 5 heteroatoms. The van der Waals surface area contributed by atoms with Crippen LogP contribution in [0.3, 0.4) is 0 Å². The fourth-order valence-electron chi connectivity index (χ4n) is 2.43. The maximum Gasteiger partial charge on any atom is 0.123 e. The molecule has 2 heterocycles. The molecule has 0 fully saturated rings. The standard InChI is InChI=1S/C17H16N4O/c1-22-13-2-3-16-14(8-13)15(11-21-16)17(9-18)20-10-12-4-6-19-7-5-12/h2-8,11,17,20-21H,10H2,1H3. The van der Waals surface area contributed by atoms with Gasteiger partial charge in [-0.15, -0.1) is 0 Å². The second kappa shape index (κ2) is 6.29. The van der Waals surface area contributed by atoms with Crippen LogP contribution in [0.5, 0.6) is 5.75 Å². The number of nitrogens with zero attached hydrogens (tertiary/aromatic N) is 2. The Labute approximate surface area is 128 Å². The van der Waals surface area contributed by atoms with E-state index in [4.69, 9.17) is 4.74 Å². The molecule has 0 aliphatic heterocycles. The Hall–Kier alpha value is -2.84. The molecule has 0 bridgehead atoms. The number of methoxy groups -OCH3 is 1. The van der Waals surface area contributed by atoms with Gasteiger partial charge in [0.2, 0.25) is 0 Å². The summed E-state index contributed by atoms with van der Waals surface area (Å²) in [4.78, 5) is 7.19. The monoisotopic (exact) mass is 292 g/mol. The largest absolute Gasteiger partial charge is 0.497 e. The fraction of sp³-hybridized carbons (Fsp3) is 0.176. The zero-order valence-electron chi connectivity index (χ0n) is 12.2. The normalized spacial score (nSPS) is 12.0. The fourth-order valence-corrected chi connectivity index (χ4v) is 2.43. The van der Waals surface area contributed by atoms with Gasteiger partial charge in [-0.1, -0.05) is 0 Å². The van der Waals surface area contributed by atoms with Crippen molar-refractivity contribution in [2.45, 2.75) is 12.6 Å². The molecule has 22 heavy (non-hydrogen) atoms. The van der Waals surface area contributed by atoms with Crippen molar-refractivity contribution < 1.29 is 4.74 Å². The highest BCUT2D eigenvalue weighted by molar-refractivity contribution is 5.85. The minimum atomic E-state index is -0.394. The topological polar surface area (TPSA) is 73.7 Å². The van der Waals surface area contributed by atoms with Gasteiger partial charge < -0.3 is 9.72 Å². The van der Waals surface area contributed by atoms with Crippen molar-refractivity contribution in [3.8, 4) is 11.8 Å². The molecule has 1 unspecified atom stereocenters. The van der Waals surface area contributed by atoms with Crippen LogP contribution in [-0.2, 0) is 6.54 Å². The number of benzene rings is 1. The lowest BCUT2D eigenvalue weighted by molar-refractivity contribution is 0.415. The van der Waals surface area contributed by atoms with Crippen LogP contribution in [-0.4, -0.2) is 17.1 Å². The number of aromatic nitrogens is 2. The summed E-state index contributed by atoms with van der Waals surface area (Å²) in [5.74, 6) is 0.777. The predicted octanol–water partition coefficient (Wildman–Crippen LogP) is 2.93. The molecule has 0 spiro atoms. The van der Waals surface area contributed by atoms with Gasteiger partial charge in [-0.05, 0) is 35.9 Å². The summed E-state index contributed by atoms with van der Waals surface area (Å²) in [6, 6.07) is 11.6. The molecule has 5 nitrogen and oxygen atoms in total. The molecule has 0 aliphatic carbocycles. The van der Waals surface area contributed by atoms with Gasteiger partial charge in [0.1, 0.15) is 11.8 Å². The summed E-state index contributed by atoms with van der Waals surface area (Å²) in [6.07, 6.45) is 5.36. The van der Waals surface area contributed by atoms with Crippen molar-refractivity contribution in [1.82, 2.24) is 15.3 Å². The average molecular weight is 292 g/mol. The van der Waals surface area contributed by atoms with Crippen molar-refractivity contribution in [3.05, 3.63) is 60.0 Å². The van der Waals surface area contributed by atoms with E-state index in [1.165, 1.54) is 0 Å².